The van der Waals surface area contributed by atoms with Crippen molar-refractivity contribution in [2.45, 2.75) is 19.3 Å². The van der Waals surface area contributed by atoms with Crippen LogP contribution in [-0.2, 0) is 12.8 Å². The zero-order valence-corrected chi connectivity index (χ0v) is 24.4. The van der Waals surface area contributed by atoms with Gasteiger partial charge in [0.1, 0.15) is 0 Å². The molecule has 45 heavy (non-hydrogen) atoms. The summed E-state index contributed by atoms with van der Waals surface area (Å²) >= 11 is 0. The molecular weight excluding hydrogens is 556 g/mol. The highest BCUT2D eigenvalue weighted by atomic mass is 15.3. The first-order valence-corrected chi connectivity index (χ1v) is 15.0. The third-order valence-electron chi connectivity index (χ3n) is 7.79. The molecule has 4 heterocycles. The zero-order chi connectivity index (χ0) is 30.0. The second-order valence-electron chi connectivity index (χ2n) is 10.9. The van der Waals surface area contributed by atoms with Crippen molar-refractivity contribution in [2.75, 3.05) is 0 Å². The van der Waals surface area contributed by atoms with Gasteiger partial charge in [-0.2, -0.15) is 19.0 Å². The molecule has 0 atom stereocenters. The first-order valence-electron chi connectivity index (χ1n) is 15.0. The fourth-order valence-corrected chi connectivity index (χ4v) is 5.58. The molecule has 0 fully saturated rings. The van der Waals surface area contributed by atoms with Crippen LogP contribution in [0.25, 0.3) is 56.6 Å². The van der Waals surface area contributed by atoms with Gasteiger partial charge in [-0.1, -0.05) is 121 Å². The maximum Gasteiger partial charge on any atom is 0.253 e. The zero-order valence-electron chi connectivity index (χ0n) is 24.4. The second-order valence-corrected chi connectivity index (χ2v) is 10.9. The molecule has 0 aliphatic heterocycles. The number of aryl methyl sites for hydroxylation is 2. The minimum absolute atomic E-state index is 0.584. The molecule has 0 spiro atoms. The third-order valence-corrected chi connectivity index (χ3v) is 7.79. The van der Waals surface area contributed by atoms with Crippen LogP contribution >= 0.6 is 0 Å². The second kappa shape index (κ2) is 11.6. The highest BCUT2D eigenvalue weighted by Gasteiger charge is 2.16. The smallest absolute Gasteiger partial charge is 0.211 e. The Morgan fingerprint density at radius 3 is 1.13 bits per heavy atom. The standard InChI is InChI=1S/C37H28N8/c1-5-14-26(15-6-1)30-24-32(28-18-9-3-10-19-28)44-36(38-30)40-34(42-44)22-13-23-35-41-37-39-31(27-16-7-2-8-17-27)25-33(45(37)43-35)29-20-11-4-12-21-29/h1-12,14-21,24-25H,13,22-23H2. The molecule has 8 aromatic rings. The van der Waals surface area contributed by atoms with Crippen LogP contribution in [-0.4, -0.2) is 39.2 Å². The number of hydrogen-bond acceptors (Lipinski definition) is 6. The van der Waals surface area contributed by atoms with E-state index in [9.17, 15) is 0 Å². The summed E-state index contributed by atoms with van der Waals surface area (Å²) in [6.07, 6.45) is 2.12. The molecular formula is C37H28N8. The molecule has 0 saturated carbocycles. The minimum Gasteiger partial charge on any atom is -0.211 e. The minimum atomic E-state index is 0.584. The van der Waals surface area contributed by atoms with Gasteiger partial charge in [-0.05, 0) is 18.6 Å². The van der Waals surface area contributed by atoms with Crippen molar-refractivity contribution < 1.29 is 0 Å². The van der Waals surface area contributed by atoms with E-state index in [1.807, 2.05) is 81.8 Å². The summed E-state index contributed by atoms with van der Waals surface area (Å²) in [6.45, 7) is 0. The molecule has 216 valence electrons. The van der Waals surface area contributed by atoms with Crippen LogP contribution in [0.3, 0.4) is 0 Å². The average Bonchev–Trinajstić information content (AvgIpc) is 3.72. The number of hydrogen-bond donors (Lipinski definition) is 0. The molecule has 0 aliphatic carbocycles. The van der Waals surface area contributed by atoms with E-state index in [4.69, 9.17) is 30.1 Å². The molecule has 0 aliphatic rings. The quantitative estimate of drug-likeness (QED) is 0.185. The van der Waals surface area contributed by atoms with Gasteiger partial charge in [0.25, 0.3) is 11.6 Å². The summed E-state index contributed by atoms with van der Waals surface area (Å²) in [5, 5.41) is 9.76. The maximum atomic E-state index is 4.88. The summed E-state index contributed by atoms with van der Waals surface area (Å²) in [5.41, 5.74) is 7.84. The van der Waals surface area contributed by atoms with Crippen molar-refractivity contribution in [1.82, 2.24) is 39.2 Å². The van der Waals surface area contributed by atoms with Gasteiger partial charge in [-0.3, -0.25) is 0 Å². The Morgan fingerprint density at radius 2 is 0.756 bits per heavy atom. The third kappa shape index (κ3) is 5.34. The maximum absolute atomic E-state index is 4.88. The van der Waals surface area contributed by atoms with Crippen LogP contribution in [0.1, 0.15) is 18.1 Å². The van der Waals surface area contributed by atoms with Crippen molar-refractivity contribution in [2.24, 2.45) is 0 Å². The molecule has 8 nitrogen and oxygen atoms in total. The SMILES string of the molecule is c1ccc(-c2cc(-c3ccccc3)n3nc(CCCc4nc5nc(-c6ccccc6)cc(-c6ccccc6)n5n4)nc3n2)cc1. The van der Waals surface area contributed by atoms with Crippen molar-refractivity contribution in [1.29, 1.82) is 0 Å². The lowest BCUT2D eigenvalue weighted by Crippen LogP contribution is -1.99. The summed E-state index contributed by atoms with van der Waals surface area (Å²) < 4.78 is 3.70. The molecule has 0 bridgehead atoms. The number of rotatable bonds is 8. The molecule has 0 amide bonds. The van der Waals surface area contributed by atoms with Crippen LogP contribution in [0.2, 0.25) is 0 Å². The van der Waals surface area contributed by atoms with Crippen molar-refractivity contribution in [3.8, 4) is 45.0 Å². The van der Waals surface area contributed by atoms with Crippen molar-refractivity contribution >= 4 is 11.6 Å². The molecule has 0 N–H and O–H groups in total. The number of nitrogens with zero attached hydrogens (tertiary/aromatic N) is 8. The summed E-state index contributed by atoms with van der Waals surface area (Å²) in [6, 6.07) is 45.0. The van der Waals surface area contributed by atoms with Crippen LogP contribution < -0.4 is 0 Å². The van der Waals surface area contributed by atoms with Crippen molar-refractivity contribution in [3.05, 3.63) is 145 Å². The van der Waals surface area contributed by atoms with Crippen molar-refractivity contribution in [3.63, 3.8) is 0 Å². The van der Waals surface area contributed by atoms with E-state index in [0.29, 0.717) is 24.4 Å². The Kier molecular flexibility index (Phi) is 6.84. The van der Waals surface area contributed by atoms with Gasteiger partial charge in [0.15, 0.2) is 11.6 Å². The van der Waals surface area contributed by atoms with Gasteiger partial charge >= 0.3 is 0 Å². The molecule has 4 aromatic heterocycles. The van der Waals surface area contributed by atoms with Crippen LogP contribution in [0.5, 0.6) is 0 Å². The first kappa shape index (κ1) is 26.6. The Labute approximate surface area is 259 Å². The van der Waals surface area contributed by atoms with E-state index in [1.54, 1.807) is 0 Å². The average molecular weight is 585 g/mol. The van der Waals surface area contributed by atoms with Gasteiger partial charge in [-0.15, -0.1) is 10.2 Å². The normalized spacial score (nSPS) is 11.4. The van der Waals surface area contributed by atoms with Gasteiger partial charge < -0.3 is 0 Å². The molecule has 0 radical (unpaired) electrons. The highest BCUT2D eigenvalue weighted by molar-refractivity contribution is 5.71. The lowest BCUT2D eigenvalue weighted by Gasteiger charge is -2.07. The summed E-state index contributed by atoms with van der Waals surface area (Å²) in [5.74, 6) is 2.65. The Hall–Kier alpha value is -6.02. The van der Waals surface area contributed by atoms with E-state index in [-0.39, 0.29) is 0 Å². The van der Waals surface area contributed by atoms with Crippen LogP contribution in [0.4, 0.5) is 0 Å². The van der Waals surface area contributed by atoms with Crippen LogP contribution in [0, 0.1) is 0 Å². The molecule has 0 unspecified atom stereocenters. The van der Waals surface area contributed by atoms with Gasteiger partial charge in [-0.25, -0.2) is 9.97 Å². The van der Waals surface area contributed by atoms with E-state index in [2.05, 4.69) is 60.7 Å². The number of fused-ring (bicyclic) bond motifs is 2. The molecule has 4 aromatic carbocycles. The Balaban J connectivity index is 1.09. The summed E-state index contributed by atoms with van der Waals surface area (Å²) in [4.78, 5) is 19.4. The lowest BCUT2D eigenvalue weighted by atomic mass is 10.1. The highest BCUT2D eigenvalue weighted by Crippen LogP contribution is 2.27. The molecule has 0 saturated heterocycles. The fraction of sp³-hybridized carbons (Fsp3) is 0.0811. The van der Waals surface area contributed by atoms with Gasteiger partial charge in [0.05, 0.1) is 22.8 Å². The van der Waals surface area contributed by atoms with Gasteiger partial charge in [0, 0.05) is 35.1 Å². The lowest BCUT2D eigenvalue weighted by molar-refractivity contribution is 0.733. The van der Waals surface area contributed by atoms with E-state index in [1.165, 1.54) is 0 Å². The summed E-state index contributed by atoms with van der Waals surface area (Å²) in [7, 11) is 0. The fourth-order valence-electron chi connectivity index (χ4n) is 5.58. The number of aromatic nitrogens is 8. The van der Waals surface area contributed by atoms with Crippen LogP contribution in [0.15, 0.2) is 133 Å². The Morgan fingerprint density at radius 1 is 0.400 bits per heavy atom. The van der Waals surface area contributed by atoms with Gasteiger partial charge in [0.2, 0.25) is 0 Å². The van der Waals surface area contributed by atoms with E-state index >= 15 is 0 Å². The molecule has 8 rings (SSSR count). The predicted octanol–water partition coefficient (Wildman–Crippen LogP) is 7.41. The predicted molar refractivity (Wildman–Crippen MR) is 175 cm³/mol. The molecule has 8 heteroatoms. The monoisotopic (exact) mass is 584 g/mol. The largest absolute Gasteiger partial charge is 0.253 e. The Bertz CT molecular complexity index is 2060. The first-order chi connectivity index (χ1) is 22.3. The topological polar surface area (TPSA) is 86.2 Å². The van der Waals surface area contributed by atoms with E-state index in [0.717, 1.165) is 63.1 Å². The van der Waals surface area contributed by atoms with E-state index < -0.39 is 0 Å². The number of benzene rings is 4.